The van der Waals surface area contributed by atoms with Crippen molar-refractivity contribution < 1.29 is 19.4 Å². The molecule has 1 fully saturated rings. The van der Waals surface area contributed by atoms with Crippen molar-refractivity contribution in [1.29, 1.82) is 0 Å². The summed E-state index contributed by atoms with van der Waals surface area (Å²) in [6.07, 6.45) is 0. The highest BCUT2D eigenvalue weighted by Gasteiger charge is 2.20. The fraction of sp³-hybridized carbons (Fsp3) is 0.364. The zero-order chi connectivity index (χ0) is 15.1. The van der Waals surface area contributed by atoms with Gasteiger partial charge >= 0.3 is 0 Å². The normalized spacial score (nSPS) is 14.1. The molecule has 0 bridgehead atoms. The Kier molecular flexibility index (Phi) is 5.54. The number of nitro groups is 2. The van der Waals surface area contributed by atoms with Gasteiger partial charge in [0, 0.05) is 25.2 Å². The van der Waals surface area contributed by atoms with E-state index in [0.29, 0.717) is 32.0 Å². The topological polar surface area (TPSA) is 116 Å². The van der Waals surface area contributed by atoms with Crippen LogP contribution in [0.25, 0.3) is 0 Å². The van der Waals surface area contributed by atoms with Gasteiger partial charge in [-0.25, -0.2) is 0 Å². The summed E-state index contributed by atoms with van der Waals surface area (Å²) in [7, 11) is 0. The molecule has 1 saturated heterocycles. The first kappa shape index (κ1) is 15.5. The molecule has 0 atom stereocenters. The highest BCUT2D eigenvalue weighted by molar-refractivity contribution is 5.60. The summed E-state index contributed by atoms with van der Waals surface area (Å²) in [6, 6.07) is 3.65. The van der Waals surface area contributed by atoms with Crippen LogP contribution in [0.4, 0.5) is 17.1 Å². The number of non-ortho nitro benzene ring substituents is 2. The van der Waals surface area contributed by atoms with Gasteiger partial charge in [0.05, 0.1) is 34.8 Å². The lowest BCUT2D eigenvalue weighted by atomic mass is 10.2. The van der Waals surface area contributed by atoms with Gasteiger partial charge in [0.15, 0.2) is 0 Å². The Morgan fingerprint density at radius 1 is 1.00 bits per heavy atom. The summed E-state index contributed by atoms with van der Waals surface area (Å²) in [5.41, 5.74) is -0.0596. The van der Waals surface area contributed by atoms with Gasteiger partial charge in [-0.15, -0.1) is 0 Å². The maximum Gasteiger partial charge on any atom is 0.278 e. The minimum absolute atomic E-state index is 0.273. The molecule has 0 N–H and O–H groups in total. The van der Waals surface area contributed by atoms with E-state index in [-0.39, 0.29) is 11.4 Å². The van der Waals surface area contributed by atoms with Gasteiger partial charge < -0.3 is 14.4 Å². The van der Waals surface area contributed by atoms with Crippen LogP contribution in [-0.2, 0) is 9.53 Å². The smallest absolute Gasteiger partial charge is 0.278 e. The molecule has 0 aromatic heterocycles. The zero-order valence-electron chi connectivity index (χ0n) is 10.6. The van der Waals surface area contributed by atoms with Crippen LogP contribution in [-0.4, -0.2) is 42.9 Å². The quantitative estimate of drug-likeness (QED) is 0.603. The van der Waals surface area contributed by atoms with Crippen molar-refractivity contribution in [2.45, 2.75) is 0 Å². The summed E-state index contributed by atoms with van der Waals surface area (Å²) in [5.74, 6) is 0. The number of rotatable bonds is 3. The number of nitrogens with zero attached hydrogens (tertiary/aromatic N) is 3. The monoisotopic (exact) mass is 283 g/mol. The Morgan fingerprint density at radius 3 is 1.85 bits per heavy atom. The van der Waals surface area contributed by atoms with E-state index in [1.54, 1.807) is 0 Å². The van der Waals surface area contributed by atoms with E-state index in [9.17, 15) is 20.2 Å². The van der Waals surface area contributed by atoms with E-state index in [4.69, 9.17) is 9.53 Å². The predicted molar refractivity (Wildman–Crippen MR) is 69.9 cm³/mol. The summed E-state index contributed by atoms with van der Waals surface area (Å²) in [6.45, 7) is 4.16. The molecular formula is C11H13N3O6. The minimum atomic E-state index is -0.628. The Hall–Kier alpha value is -2.55. The van der Waals surface area contributed by atoms with Gasteiger partial charge in [0.2, 0.25) is 0 Å². The van der Waals surface area contributed by atoms with Crippen LogP contribution < -0.4 is 4.90 Å². The average molecular weight is 283 g/mol. The van der Waals surface area contributed by atoms with E-state index in [1.807, 2.05) is 11.7 Å². The number of carbonyl (C=O) groups is 1. The number of carbonyl (C=O) groups excluding carboxylic acids is 1. The van der Waals surface area contributed by atoms with Crippen molar-refractivity contribution in [3.8, 4) is 0 Å². The molecule has 9 nitrogen and oxygen atoms in total. The van der Waals surface area contributed by atoms with Crippen molar-refractivity contribution in [2.75, 3.05) is 31.2 Å². The molecular weight excluding hydrogens is 270 g/mol. The number of anilines is 1. The summed E-state index contributed by atoms with van der Waals surface area (Å²) >= 11 is 0. The van der Waals surface area contributed by atoms with Crippen LogP contribution >= 0.6 is 0 Å². The molecule has 0 radical (unpaired) electrons. The molecule has 20 heavy (non-hydrogen) atoms. The van der Waals surface area contributed by atoms with Gasteiger partial charge in [0.1, 0.15) is 6.79 Å². The van der Waals surface area contributed by atoms with Crippen LogP contribution in [0.3, 0.4) is 0 Å². The summed E-state index contributed by atoms with van der Waals surface area (Å²) in [5, 5.41) is 21.5. The first-order valence-electron chi connectivity index (χ1n) is 5.63. The second-order valence-corrected chi connectivity index (χ2v) is 3.82. The van der Waals surface area contributed by atoms with Crippen molar-refractivity contribution in [1.82, 2.24) is 0 Å². The molecule has 1 aliphatic rings. The first-order chi connectivity index (χ1) is 9.58. The van der Waals surface area contributed by atoms with Crippen molar-refractivity contribution >= 4 is 23.9 Å². The molecule has 1 heterocycles. The molecule has 9 heteroatoms. The standard InChI is InChI=1S/C10H11N3O5.CH2O/c14-12(15)9-5-8(6-10(7-9)13(16)17)11-1-3-18-4-2-11;1-2/h5-7H,1-4H2;1H2. The minimum Gasteiger partial charge on any atom is -0.378 e. The highest BCUT2D eigenvalue weighted by Crippen LogP contribution is 2.28. The molecule has 2 rings (SSSR count). The van der Waals surface area contributed by atoms with Crippen LogP contribution in [0.5, 0.6) is 0 Å². The number of nitro benzene ring substituents is 2. The van der Waals surface area contributed by atoms with Crippen molar-refractivity contribution in [3.63, 3.8) is 0 Å². The lowest BCUT2D eigenvalue weighted by molar-refractivity contribution is -0.394. The van der Waals surface area contributed by atoms with E-state index in [0.717, 1.165) is 6.07 Å². The number of hydrogen-bond donors (Lipinski definition) is 0. The SMILES string of the molecule is C=O.O=[N+]([O-])c1cc(N2CCOCC2)cc([N+](=O)[O-])c1. The fourth-order valence-corrected chi connectivity index (χ4v) is 1.79. The third-order valence-corrected chi connectivity index (χ3v) is 2.69. The Labute approximate surface area is 114 Å². The fourth-order valence-electron chi connectivity index (χ4n) is 1.79. The van der Waals surface area contributed by atoms with Crippen LogP contribution in [0.15, 0.2) is 18.2 Å². The second-order valence-electron chi connectivity index (χ2n) is 3.82. The second kappa shape index (κ2) is 7.14. The zero-order valence-corrected chi connectivity index (χ0v) is 10.6. The summed E-state index contributed by atoms with van der Waals surface area (Å²) < 4.78 is 5.17. The number of hydrogen-bond acceptors (Lipinski definition) is 7. The predicted octanol–water partition coefficient (Wildman–Crippen LogP) is 1.15. The largest absolute Gasteiger partial charge is 0.378 e. The molecule has 1 aromatic carbocycles. The average Bonchev–Trinajstić information content (AvgIpc) is 2.49. The number of benzene rings is 1. The van der Waals surface area contributed by atoms with E-state index in [2.05, 4.69) is 0 Å². The third-order valence-electron chi connectivity index (χ3n) is 2.69. The number of ether oxygens (including phenoxy) is 1. The maximum absolute atomic E-state index is 10.8. The van der Waals surface area contributed by atoms with Gasteiger partial charge in [-0.2, -0.15) is 0 Å². The van der Waals surface area contributed by atoms with Crippen molar-refractivity contribution in [3.05, 3.63) is 38.4 Å². The van der Waals surface area contributed by atoms with Crippen LogP contribution in [0, 0.1) is 20.2 Å². The van der Waals surface area contributed by atoms with Crippen molar-refractivity contribution in [2.24, 2.45) is 0 Å². The lowest BCUT2D eigenvalue weighted by Crippen LogP contribution is -2.36. The molecule has 108 valence electrons. The molecule has 0 aliphatic carbocycles. The first-order valence-corrected chi connectivity index (χ1v) is 5.63. The van der Waals surface area contributed by atoms with Gasteiger partial charge in [-0.3, -0.25) is 20.2 Å². The molecule has 0 amide bonds. The lowest BCUT2D eigenvalue weighted by Gasteiger charge is -2.28. The van der Waals surface area contributed by atoms with Gasteiger partial charge in [-0.05, 0) is 0 Å². The maximum atomic E-state index is 10.8. The molecule has 0 unspecified atom stereocenters. The summed E-state index contributed by atoms with van der Waals surface area (Å²) in [4.78, 5) is 30.1. The Balaban J connectivity index is 0.000000956. The van der Waals surface area contributed by atoms with Crippen LogP contribution in [0.1, 0.15) is 0 Å². The Bertz CT molecular complexity index is 469. The van der Waals surface area contributed by atoms with Crippen LogP contribution in [0.2, 0.25) is 0 Å². The Morgan fingerprint density at radius 2 is 1.45 bits per heavy atom. The third kappa shape index (κ3) is 3.72. The van der Waals surface area contributed by atoms with E-state index >= 15 is 0 Å². The molecule has 1 aliphatic heterocycles. The number of morpholine rings is 1. The molecule has 0 spiro atoms. The van der Waals surface area contributed by atoms with Gasteiger partial charge in [0.25, 0.3) is 11.4 Å². The van der Waals surface area contributed by atoms with E-state index < -0.39 is 9.85 Å². The van der Waals surface area contributed by atoms with E-state index in [1.165, 1.54) is 12.1 Å². The molecule has 1 aromatic rings. The molecule has 0 saturated carbocycles. The highest BCUT2D eigenvalue weighted by atomic mass is 16.6. The van der Waals surface area contributed by atoms with Gasteiger partial charge in [-0.1, -0.05) is 0 Å².